The Labute approximate surface area is 154 Å². The third-order valence-corrected chi connectivity index (χ3v) is 8.54. The first kappa shape index (κ1) is 18.5. The Morgan fingerprint density at radius 1 is 1.15 bits per heavy atom. The van der Waals surface area contributed by atoms with Gasteiger partial charge in [0.15, 0.2) is 5.60 Å². The van der Waals surface area contributed by atoms with Crippen LogP contribution in [0, 0.1) is 40.9 Å². The third-order valence-electron chi connectivity index (χ3n) is 8.54. The zero-order valence-corrected chi connectivity index (χ0v) is 15.5. The minimum atomic E-state index is -1.63. The molecule has 4 aliphatic carbocycles. The SMILES string of the molecule is C#C[C@]1(O)[C@@H](O)C[C@H]2[C@@H]3CC=C4[C@H](O)[C@@H](O)CC[C@]4(C)[C@H]3[C@@H](O)C[C@@]21C. The Kier molecular flexibility index (Phi) is 3.95. The molecule has 5 nitrogen and oxygen atoms in total. The summed E-state index contributed by atoms with van der Waals surface area (Å²) in [5, 5.41) is 53.3. The predicted octanol–water partition coefficient (Wildman–Crippen LogP) is 0.587. The molecule has 4 aliphatic rings. The van der Waals surface area contributed by atoms with E-state index in [0.29, 0.717) is 32.1 Å². The van der Waals surface area contributed by atoms with E-state index in [1.807, 2.05) is 13.0 Å². The van der Waals surface area contributed by atoms with Crippen molar-refractivity contribution in [3.8, 4) is 12.3 Å². The van der Waals surface area contributed by atoms with Crippen molar-refractivity contribution in [3.63, 3.8) is 0 Å². The Hall–Kier alpha value is -0.900. The zero-order valence-electron chi connectivity index (χ0n) is 15.5. The number of rotatable bonds is 0. The maximum Gasteiger partial charge on any atom is 0.156 e. The van der Waals surface area contributed by atoms with Crippen LogP contribution in [0.3, 0.4) is 0 Å². The van der Waals surface area contributed by atoms with Gasteiger partial charge in [0.05, 0.1) is 18.3 Å². The lowest BCUT2D eigenvalue weighted by molar-refractivity contribution is -0.165. The van der Waals surface area contributed by atoms with Crippen LogP contribution in [0.15, 0.2) is 11.6 Å². The molecule has 10 atom stereocenters. The molecule has 26 heavy (non-hydrogen) atoms. The molecule has 0 bridgehead atoms. The molecule has 0 aromatic carbocycles. The topological polar surface area (TPSA) is 101 Å². The summed E-state index contributed by atoms with van der Waals surface area (Å²) in [6, 6.07) is 0. The summed E-state index contributed by atoms with van der Waals surface area (Å²) in [7, 11) is 0. The molecule has 144 valence electrons. The van der Waals surface area contributed by atoms with Gasteiger partial charge in [-0.3, -0.25) is 0 Å². The molecule has 0 heterocycles. The number of hydrogen-bond donors (Lipinski definition) is 5. The monoisotopic (exact) mass is 362 g/mol. The first-order valence-electron chi connectivity index (χ1n) is 9.73. The second kappa shape index (κ2) is 5.56. The van der Waals surface area contributed by atoms with E-state index in [4.69, 9.17) is 6.42 Å². The molecule has 4 rings (SSSR count). The van der Waals surface area contributed by atoms with Crippen LogP contribution in [0.2, 0.25) is 0 Å². The second-order valence-electron chi connectivity index (χ2n) is 9.51. The fourth-order valence-electron chi connectivity index (χ4n) is 7.13. The average molecular weight is 362 g/mol. The molecule has 5 heteroatoms. The Balaban J connectivity index is 1.78. The highest BCUT2D eigenvalue weighted by molar-refractivity contribution is 5.33. The fraction of sp³-hybridized carbons (Fsp3) is 0.810. The van der Waals surface area contributed by atoms with Gasteiger partial charge in [-0.25, -0.2) is 0 Å². The number of allylic oxidation sites excluding steroid dienone is 1. The van der Waals surface area contributed by atoms with E-state index in [1.54, 1.807) is 0 Å². The van der Waals surface area contributed by atoms with Crippen LogP contribution in [0.25, 0.3) is 0 Å². The lowest BCUT2D eigenvalue weighted by Gasteiger charge is -2.60. The van der Waals surface area contributed by atoms with Crippen LogP contribution in [0.1, 0.15) is 46.0 Å². The lowest BCUT2D eigenvalue weighted by atomic mass is 9.46. The molecule has 0 unspecified atom stereocenters. The van der Waals surface area contributed by atoms with Crippen LogP contribution in [0.4, 0.5) is 0 Å². The first-order valence-corrected chi connectivity index (χ1v) is 9.73. The van der Waals surface area contributed by atoms with Crippen LogP contribution >= 0.6 is 0 Å². The summed E-state index contributed by atoms with van der Waals surface area (Å²) in [6.07, 6.45) is 6.95. The number of aliphatic hydroxyl groups excluding tert-OH is 4. The molecule has 0 spiro atoms. The van der Waals surface area contributed by atoms with E-state index in [0.717, 1.165) is 5.57 Å². The Morgan fingerprint density at radius 2 is 1.85 bits per heavy atom. The van der Waals surface area contributed by atoms with Gasteiger partial charge in [-0.1, -0.05) is 25.8 Å². The number of fused-ring (bicyclic) bond motifs is 5. The van der Waals surface area contributed by atoms with Crippen molar-refractivity contribution in [3.05, 3.63) is 11.6 Å². The molecule has 0 aromatic rings. The van der Waals surface area contributed by atoms with Gasteiger partial charge < -0.3 is 25.5 Å². The molecule has 3 saturated carbocycles. The van der Waals surface area contributed by atoms with Gasteiger partial charge in [0.25, 0.3) is 0 Å². The Morgan fingerprint density at radius 3 is 2.50 bits per heavy atom. The van der Waals surface area contributed by atoms with E-state index in [-0.39, 0.29) is 23.2 Å². The van der Waals surface area contributed by atoms with Crippen LogP contribution in [-0.2, 0) is 0 Å². The van der Waals surface area contributed by atoms with Gasteiger partial charge in [-0.2, -0.15) is 0 Å². The first-order chi connectivity index (χ1) is 12.1. The number of hydrogen-bond acceptors (Lipinski definition) is 5. The molecule has 0 aromatic heterocycles. The van der Waals surface area contributed by atoms with Crippen molar-refractivity contribution in [1.82, 2.24) is 0 Å². The lowest BCUT2D eigenvalue weighted by Crippen LogP contribution is -2.61. The largest absolute Gasteiger partial charge is 0.393 e. The van der Waals surface area contributed by atoms with Crippen molar-refractivity contribution >= 4 is 0 Å². The van der Waals surface area contributed by atoms with Gasteiger partial charge in [-0.05, 0) is 60.8 Å². The second-order valence-corrected chi connectivity index (χ2v) is 9.51. The average Bonchev–Trinajstić information content (AvgIpc) is 2.79. The third kappa shape index (κ3) is 2.00. The van der Waals surface area contributed by atoms with Crippen LogP contribution in [0.5, 0.6) is 0 Å². The van der Waals surface area contributed by atoms with Gasteiger partial charge in [0, 0.05) is 5.41 Å². The maximum absolute atomic E-state index is 11.2. The molecule has 0 saturated heterocycles. The predicted molar refractivity (Wildman–Crippen MR) is 95.7 cm³/mol. The normalized spacial score (nSPS) is 58.8. The summed E-state index contributed by atoms with van der Waals surface area (Å²) in [5.41, 5.74) is -1.91. The number of terminal acetylenes is 1. The fourth-order valence-corrected chi connectivity index (χ4v) is 7.13. The molecule has 0 aliphatic heterocycles. The quantitative estimate of drug-likeness (QED) is 0.321. The summed E-state index contributed by atoms with van der Waals surface area (Å²) < 4.78 is 0. The minimum absolute atomic E-state index is 0.00516. The van der Waals surface area contributed by atoms with Crippen molar-refractivity contribution < 1.29 is 25.5 Å². The highest BCUT2D eigenvalue weighted by Gasteiger charge is 2.69. The standard InChI is InChI=1S/C21H30O5/c1-4-21(26)16(24)9-13-11-5-6-12-18(25)14(22)7-8-19(12,2)17(11)15(23)10-20(13,21)3/h1,6,11,13-18,22-26H,5,7-10H2,2-3H3/t11-,13-,14-,15-,16-,17+,18-,19-,20-,21-/m0/s1. The van der Waals surface area contributed by atoms with Crippen molar-refractivity contribution in [2.24, 2.45) is 28.6 Å². The molecule has 3 fully saturated rings. The van der Waals surface area contributed by atoms with Crippen LogP contribution in [-0.4, -0.2) is 55.5 Å². The van der Waals surface area contributed by atoms with Crippen molar-refractivity contribution in [2.45, 2.75) is 76.0 Å². The Bertz CT molecular complexity index is 682. The van der Waals surface area contributed by atoms with E-state index in [2.05, 4.69) is 12.8 Å². The molecule has 0 amide bonds. The van der Waals surface area contributed by atoms with Crippen LogP contribution < -0.4 is 0 Å². The molecule has 0 radical (unpaired) electrons. The van der Waals surface area contributed by atoms with E-state index >= 15 is 0 Å². The highest BCUT2D eigenvalue weighted by atomic mass is 16.3. The summed E-state index contributed by atoms with van der Waals surface area (Å²) in [5.74, 6) is 2.44. The van der Waals surface area contributed by atoms with E-state index in [9.17, 15) is 25.5 Å². The van der Waals surface area contributed by atoms with Gasteiger partial charge in [-0.15, -0.1) is 6.42 Å². The smallest absolute Gasteiger partial charge is 0.156 e. The van der Waals surface area contributed by atoms with E-state index in [1.165, 1.54) is 0 Å². The molecular weight excluding hydrogens is 332 g/mol. The van der Waals surface area contributed by atoms with Gasteiger partial charge >= 0.3 is 0 Å². The summed E-state index contributed by atoms with van der Waals surface area (Å²) in [4.78, 5) is 0. The molecular formula is C21H30O5. The minimum Gasteiger partial charge on any atom is -0.393 e. The summed E-state index contributed by atoms with van der Waals surface area (Å²) >= 11 is 0. The van der Waals surface area contributed by atoms with Crippen molar-refractivity contribution in [1.29, 1.82) is 0 Å². The maximum atomic E-state index is 11.2. The van der Waals surface area contributed by atoms with Gasteiger partial charge in [0.1, 0.15) is 6.10 Å². The number of aliphatic hydroxyl groups is 5. The summed E-state index contributed by atoms with van der Waals surface area (Å²) in [6.45, 7) is 3.98. The highest BCUT2D eigenvalue weighted by Crippen LogP contribution is 2.67. The van der Waals surface area contributed by atoms with Gasteiger partial charge in [0.2, 0.25) is 0 Å². The van der Waals surface area contributed by atoms with E-state index < -0.39 is 35.4 Å². The zero-order chi connectivity index (χ0) is 19.1. The molecule has 5 N–H and O–H groups in total. The van der Waals surface area contributed by atoms with Crippen molar-refractivity contribution in [2.75, 3.05) is 0 Å².